The van der Waals surface area contributed by atoms with E-state index in [9.17, 15) is 0 Å². The molecule has 1 unspecified atom stereocenters. The third-order valence-electron chi connectivity index (χ3n) is 3.29. The summed E-state index contributed by atoms with van der Waals surface area (Å²) in [7, 11) is 1.95. The topological polar surface area (TPSA) is 53.1 Å². The maximum absolute atomic E-state index is 6.31. The minimum atomic E-state index is -0.0463. The van der Waals surface area contributed by atoms with Gasteiger partial charge in [-0.3, -0.25) is 4.68 Å². The van der Waals surface area contributed by atoms with Crippen molar-refractivity contribution < 1.29 is 4.74 Å². The van der Waals surface area contributed by atoms with Gasteiger partial charge in [-0.15, -0.1) is 0 Å². The molecule has 0 spiro atoms. The molecule has 0 radical (unpaired) electrons. The summed E-state index contributed by atoms with van der Waals surface area (Å²) in [6.07, 6.45) is 1.78. The molecule has 0 aliphatic rings. The molecule has 1 aromatic heterocycles. The van der Waals surface area contributed by atoms with Crippen LogP contribution in [0.3, 0.4) is 0 Å². The molecule has 0 amide bonds. The van der Waals surface area contributed by atoms with Crippen LogP contribution in [0.1, 0.15) is 36.3 Å². The summed E-state index contributed by atoms with van der Waals surface area (Å²) in [5.41, 5.74) is 9.57. The van der Waals surface area contributed by atoms with Gasteiger partial charge >= 0.3 is 0 Å². The molecule has 1 aromatic carbocycles. The number of nitrogens with zero attached hydrogens (tertiary/aromatic N) is 2. The van der Waals surface area contributed by atoms with E-state index in [1.165, 1.54) is 0 Å². The van der Waals surface area contributed by atoms with Crippen LogP contribution >= 0.6 is 0 Å². The zero-order chi connectivity index (χ0) is 14.5. The number of aromatic nitrogens is 2. The largest absolute Gasteiger partial charge is 0.494 e. The molecule has 0 aliphatic heterocycles. The Morgan fingerprint density at radius 3 is 2.80 bits per heavy atom. The highest BCUT2D eigenvalue weighted by Gasteiger charge is 2.11. The average Bonchev–Trinajstić information content (AvgIpc) is 2.75. The fraction of sp³-hybridized carbons (Fsp3) is 0.438. The van der Waals surface area contributed by atoms with Crippen LogP contribution in [-0.2, 0) is 13.5 Å². The summed E-state index contributed by atoms with van der Waals surface area (Å²) in [5, 5.41) is 4.35. The lowest BCUT2D eigenvalue weighted by Gasteiger charge is -2.14. The van der Waals surface area contributed by atoms with Crippen molar-refractivity contribution in [2.24, 2.45) is 12.8 Å². The van der Waals surface area contributed by atoms with Gasteiger partial charge in [0.2, 0.25) is 0 Å². The molecular formula is C16H23N3O. The van der Waals surface area contributed by atoms with Crippen molar-refractivity contribution in [2.75, 3.05) is 6.61 Å². The third kappa shape index (κ3) is 3.61. The van der Waals surface area contributed by atoms with Gasteiger partial charge in [0.15, 0.2) is 0 Å². The van der Waals surface area contributed by atoms with Gasteiger partial charge in [0, 0.05) is 25.2 Å². The highest BCUT2D eigenvalue weighted by molar-refractivity contribution is 5.31. The second kappa shape index (κ2) is 6.57. The van der Waals surface area contributed by atoms with Crippen LogP contribution in [0.25, 0.3) is 0 Å². The summed E-state index contributed by atoms with van der Waals surface area (Å²) >= 11 is 0. The fourth-order valence-electron chi connectivity index (χ4n) is 2.25. The van der Waals surface area contributed by atoms with E-state index in [1.54, 1.807) is 0 Å². The fourth-order valence-corrected chi connectivity index (χ4v) is 2.25. The summed E-state index contributed by atoms with van der Waals surface area (Å²) in [6, 6.07) is 10.1. The molecule has 108 valence electrons. The van der Waals surface area contributed by atoms with Gasteiger partial charge in [0.1, 0.15) is 5.75 Å². The van der Waals surface area contributed by atoms with Gasteiger partial charge in [-0.25, -0.2) is 0 Å². The van der Waals surface area contributed by atoms with Crippen molar-refractivity contribution in [3.63, 3.8) is 0 Å². The smallest absolute Gasteiger partial charge is 0.119 e. The van der Waals surface area contributed by atoms with Crippen molar-refractivity contribution in [2.45, 2.75) is 32.7 Å². The third-order valence-corrected chi connectivity index (χ3v) is 3.29. The summed E-state index contributed by atoms with van der Waals surface area (Å²) in [4.78, 5) is 0. The first-order valence-corrected chi connectivity index (χ1v) is 7.08. The second-order valence-electron chi connectivity index (χ2n) is 5.13. The minimum absolute atomic E-state index is 0.0463. The Kier molecular flexibility index (Phi) is 4.79. The Bertz CT molecular complexity index is 563. The van der Waals surface area contributed by atoms with Gasteiger partial charge in [-0.2, -0.15) is 5.10 Å². The van der Waals surface area contributed by atoms with E-state index >= 15 is 0 Å². The number of rotatable bonds is 6. The van der Waals surface area contributed by atoms with E-state index in [4.69, 9.17) is 10.5 Å². The first kappa shape index (κ1) is 14.6. The number of aryl methyl sites for hydroxylation is 2. The van der Waals surface area contributed by atoms with E-state index in [0.717, 1.165) is 42.1 Å². The predicted octanol–water partition coefficient (Wildman–Crippen LogP) is 2.76. The Hall–Kier alpha value is -1.81. The van der Waals surface area contributed by atoms with Crippen LogP contribution in [0.2, 0.25) is 0 Å². The van der Waals surface area contributed by atoms with Crippen LogP contribution in [0.4, 0.5) is 0 Å². The van der Waals surface area contributed by atoms with Gasteiger partial charge in [-0.1, -0.05) is 19.1 Å². The Labute approximate surface area is 120 Å². The summed E-state index contributed by atoms with van der Waals surface area (Å²) in [5.74, 6) is 0.890. The normalized spacial score (nSPS) is 12.4. The van der Waals surface area contributed by atoms with Crippen LogP contribution in [0.15, 0.2) is 30.3 Å². The SMILES string of the molecule is CCCOc1cccc(C(N)Cc2cc(C)nn2C)c1. The van der Waals surface area contributed by atoms with Gasteiger partial charge in [-0.05, 0) is 37.1 Å². The first-order valence-electron chi connectivity index (χ1n) is 7.08. The molecule has 1 heterocycles. The molecule has 0 bridgehead atoms. The van der Waals surface area contributed by atoms with Gasteiger partial charge < -0.3 is 10.5 Å². The predicted molar refractivity (Wildman–Crippen MR) is 80.8 cm³/mol. The van der Waals surface area contributed by atoms with Crippen LogP contribution in [0, 0.1) is 6.92 Å². The first-order chi connectivity index (χ1) is 9.60. The Balaban J connectivity index is 2.08. The van der Waals surface area contributed by atoms with Crippen LogP contribution in [-0.4, -0.2) is 16.4 Å². The Morgan fingerprint density at radius 2 is 2.15 bits per heavy atom. The second-order valence-corrected chi connectivity index (χ2v) is 5.13. The molecule has 1 atom stereocenters. The average molecular weight is 273 g/mol. The lowest BCUT2D eigenvalue weighted by Crippen LogP contribution is -2.15. The summed E-state index contributed by atoms with van der Waals surface area (Å²) < 4.78 is 7.55. The molecule has 0 saturated heterocycles. The number of hydrogen-bond donors (Lipinski definition) is 1. The van der Waals surface area contributed by atoms with E-state index in [-0.39, 0.29) is 6.04 Å². The molecule has 0 fully saturated rings. The number of hydrogen-bond acceptors (Lipinski definition) is 3. The number of benzene rings is 1. The molecule has 20 heavy (non-hydrogen) atoms. The highest BCUT2D eigenvalue weighted by Crippen LogP contribution is 2.21. The standard InChI is InChI=1S/C16H23N3O/c1-4-8-20-15-7-5-6-13(10-15)16(17)11-14-9-12(2)18-19(14)3/h5-7,9-10,16H,4,8,11,17H2,1-3H3. The molecule has 0 aliphatic carbocycles. The zero-order valence-corrected chi connectivity index (χ0v) is 12.5. The molecule has 2 aromatic rings. The molecule has 0 saturated carbocycles. The van der Waals surface area contributed by atoms with E-state index < -0.39 is 0 Å². The van der Waals surface area contributed by atoms with Crippen LogP contribution < -0.4 is 10.5 Å². The maximum Gasteiger partial charge on any atom is 0.119 e. The van der Waals surface area contributed by atoms with Crippen molar-refractivity contribution in [3.8, 4) is 5.75 Å². The molecular weight excluding hydrogens is 250 g/mol. The highest BCUT2D eigenvalue weighted by atomic mass is 16.5. The van der Waals surface area contributed by atoms with Crippen molar-refractivity contribution in [3.05, 3.63) is 47.3 Å². The zero-order valence-electron chi connectivity index (χ0n) is 12.5. The monoisotopic (exact) mass is 273 g/mol. The number of ether oxygens (including phenoxy) is 1. The molecule has 4 heteroatoms. The van der Waals surface area contributed by atoms with Gasteiger partial charge in [0.05, 0.1) is 12.3 Å². The van der Waals surface area contributed by atoms with E-state index in [2.05, 4.69) is 18.1 Å². The summed E-state index contributed by atoms with van der Waals surface area (Å²) in [6.45, 7) is 4.83. The maximum atomic E-state index is 6.31. The molecule has 2 rings (SSSR count). The quantitative estimate of drug-likeness (QED) is 0.880. The van der Waals surface area contributed by atoms with E-state index in [1.807, 2.05) is 42.9 Å². The Morgan fingerprint density at radius 1 is 1.35 bits per heavy atom. The van der Waals surface area contributed by atoms with E-state index in [0.29, 0.717) is 0 Å². The number of nitrogens with two attached hydrogens (primary N) is 1. The minimum Gasteiger partial charge on any atom is -0.494 e. The van der Waals surface area contributed by atoms with Crippen molar-refractivity contribution in [1.29, 1.82) is 0 Å². The lowest BCUT2D eigenvalue weighted by molar-refractivity contribution is 0.317. The van der Waals surface area contributed by atoms with Gasteiger partial charge in [0.25, 0.3) is 0 Å². The lowest BCUT2D eigenvalue weighted by atomic mass is 10.0. The molecule has 2 N–H and O–H groups in total. The van der Waals surface area contributed by atoms with Crippen LogP contribution in [0.5, 0.6) is 5.75 Å². The van der Waals surface area contributed by atoms with Crippen molar-refractivity contribution >= 4 is 0 Å². The van der Waals surface area contributed by atoms with Crippen molar-refractivity contribution in [1.82, 2.24) is 9.78 Å². The molecule has 4 nitrogen and oxygen atoms in total.